The van der Waals surface area contributed by atoms with Gasteiger partial charge in [-0.25, -0.2) is 0 Å². The zero-order valence-corrected chi connectivity index (χ0v) is 15.3. The number of nitrogens with zero attached hydrogens (tertiary/aromatic N) is 3. The largest absolute Gasteiger partial charge is 0.351 e. The molecule has 4 rings (SSSR count). The summed E-state index contributed by atoms with van der Waals surface area (Å²) in [6.07, 6.45) is 11.6. The molecule has 5 nitrogen and oxygen atoms in total. The lowest BCUT2D eigenvalue weighted by Gasteiger charge is -2.35. The average molecular weight is 345 g/mol. The molecular weight excluding hydrogens is 314 g/mol. The van der Waals surface area contributed by atoms with Crippen molar-refractivity contribution in [3.8, 4) is 0 Å². The van der Waals surface area contributed by atoms with E-state index in [0.717, 1.165) is 50.5 Å². The molecule has 2 aliphatic heterocycles. The summed E-state index contributed by atoms with van der Waals surface area (Å²) in [5.41, 5.74) is 0.982. The summed E-state index contributed by atoms with van der Waals surface area (Å²) in [6, 6.07) is 1.91. The summed E-state index contributed by atoms with van der Waals surface area (Å²) in [5.74, 6) is 1.76. The van der Waals surface area contributed by atoms with Crippen molar-refractivity contribution in [2.24, 2.45) is 5.92 Å². The molecule has 0 aromatic carbocycles. The van der Waals surface area contributed by atoms with Gasteiger partial charge < -0.3 is 14.3 Å². The van der Waals surface area contributed by atoms with E-state index in [0.29, 0.717) is 11.7 Å². The van der Waals surface area contributed by atoms with Crippen LogP contribution in [-0.4, -0.2) is 53.6 Å². The summed E-state index contributed by atoms with van der Waals surface area (Å²) in [6.45, 7) is 5.24. The van der Waals surface area contributed by atoms with Gasteiger partial charge in [0.15, 0.2) is 0 Å². The molecule has 138 valence electrons. The predicted octanol–water partition coefficient (Wildman–Crippen LogP) is 3.67. The molecule has 0 radical (unpaired) electrons. The van der Waals surface area contributed by atoms with Crippen LogP contribution in [0.2, 0.25) is 0 Å². The average Bonchev–Trinajstić information content (AvgIpc) is 3.34. The maximum atomic E-state index is 12.5. The zero-order chi connectivity index (χ0) is 17.1. The van der Waals surface area contributed by atoms with Crippen LogP contribution in [0.3, 0.4) is 0 Å². The predicted molar refractivity (Wildman–Crippen MR) is 96.6 cm³/mol. The number of piperidine rings is 1. The molecular formula is C20H31N3O2. The SMILES string of the molecule is O=C(c1cc(C2CCCN(CC3CCCCC3)C2)no1)N1CCCC1. The van der Waals surface area contributed by atoms with Crippen LogP contribution in [0.5, 0.6) is 0 Å². The van der Waals surface area contributed by atoms with E-state index < -0.39 is 0 Å². The highest BCUT2D eigenvalue weighted by atomic mass is 16.5. The van der Waals surface area contributed by atoms with Gasteiger partial charge in [0.2, 0.25) is 5.76 Å². The van der Waals surface area contributed by atoms with E-state index in [9.17, 15) is 4.79 Å². The number of carbonyl (C=O) groups excluding carboxylic acids is 1. The van der Waals surface area contributed by atoms with E-state index >= 15 is 0 Å². The van der Waals surface area contributed by atoms with Gasteiger partial charge in [0, 0.05) is 38.2 Å². The normalized spacial score (nSPS) is 26.2. The Balaban J connectivity index is 1.35. The third-order valence-electron chi connectivity index (χ3n) is 6.30. The first-order valence-electron chi connectivity index (χ1n) is 10.3. The number of carbonyl (C=O) groups is 1. The fraction of sp³-hybridized carbons (Fsp3) is 0.800. The van der Waals surface area contributed by atoms with E-state index in [1.807, 2.05) is 11.0 Å². The maximum Gasteiger partial charge on any atom is 0.292 e. The molecule has 1 aromatic heterocycles. The zero-order valence-electron chi connectivity index (χ0n) is 15.3. The van der Waals surface area contributed by atoms with Crippen LogP contribution in [0, 0.1) is 5.92 Å². The summed E-state index contributed by atoms with van der Waals surface area (Å²) in [7, 11) is 0. The second-order valence-electron chi connectivity index (χ2n) is 8.22. The molecule has 1 amide bonds. The van der Waals surface area contributed by atoms with Gasteiger partial charge in [0.1, 0.15) is 0 Å². The van der Waals surface area contributed by atoms with Crippen LogP contribution >= 0.6 is 0 Å². The molecule has 1 atom stereocenters. The van der Waals surface area contributed by atoms with Gasteiger partial charge in [0.05, 0.1) is 5.69 Å². The van der Waals surface area contributed by atoms with Crippen LogP contribution in [0.4, 0.5) is 0 Å². The molecule has 1 aromatic rings. The fourth-order valence-corrected chi connectivity index (χ4v) is 4.86. The minimum atomic E-state index is 0.0196. The van der Waals surface area contributed by atoms with Crippen LogP contribution in [0.25, 0.3) is 0 Å². The summed E-state index contributed by atoms with van der Waals surface area (Å²) in [5, 5.41) is 4.26. The third kappa shape index (κ3) is 4.08. The van der Waals surface area contributed by atoms with Crippen molar-refractivity contribution in [3.05, 3.63) is 17.5 Å². The lowest BCUT2D eigenvalue weighted by atomic mass is 9.87. The summed E-state index contributed by atoms with van der Waals surface area (Å²) in [4.78, 5) is 17.0. The first-order valence-corrected chi connectivity index (χ1v) is 10.3. The van der Waals surface area contributed by atoms with E-state index in [-0.39, 0.29) is 5.91 Å². The summed E-state index contributed by atoms with van der Waals surface area (Å²) < 4.78 is 5.42. The van der Waals surface area contributed by atoms with Crippen molar-refractivity contribution >= 4 is 5.91 Å². The van der Waals surface area contributed by atoms with Gasteiger partial charge in [0.25, 0.3) is 5.91 Å². The Morgan fingerprint density at radius 1 is 1.04 bits per heavy atom. The number of amides is 1. The van der Waals surface area contributed by atoms with Crippen LogP contribution in [0.1, 0.15) is 80.0 Å². The quantitative estimate of drug-likeness (QED) is 0.835. The second-order valence-corrected chi connectivity index (χ2v) is 8.22. The highest BCUT2D eigenvalue weighted by molar-refractivity contribution is 5.91. The topological polar surface area (TPSA) is 49.6 Å². The number of rotatable bonds is 4. The number of aromatic nitrogens is 1. The molecule has 1 unspecified atom stereocenters. The van der Waals surface area contributed by atoms with Crippen molar-refractivity contribution in [1.82, 2.24) is 15.0 Å². The third-order valence-corrected chi connectivity index (χ3v) is 6.30. The summed E-state index contributed by atoms with van der Waals surface area (Å²) >= 11 is 0. The molecule has 2 saturated heterocycles. The van der Waals surface area contributed by atoms with E-state index in [1.54, 1.807) is 0 Å². The Labute approximate surface area is 150 Å². The van der Waals surface area contributed by atoms with Crippen molar-refractivity contribution < 1.29 is 9.32 Å². The Morgan fingerprint density at radius 2 is 1.84 bits per heavy atom. The molecule has 1 saturated carbocycles. The second kappa shape index (κ2) is 7.90. The van der Waals surface area contributed by atoms with Crippen LogP contribution < -0.4 is 0 Å². The number of likely N-dealkylation sites (tertiary alicyclic amines) is 2. The van der Waals surface area contributed by atoms with Crippen molar-refractivity contribution in [1.29, 1.82) is 0 Å². The van der Waals surface area contributed by atoms with Crippen molar-refractivity contribution in [3.63, 3.8) is 0 Å². The maximum absolute atomic E-state index is 12.5. The first-order chi connectivity index (χ1) is 12.3. The first kappa shape index (κ1) is 17.1. The highest BCUT2D eigenvalue weighted by Gasteiger charge is 2.28. The molecule has 1 aliphatic carbocycles. The van der Waals surface area contributed by atoms with Crippen molar-refractivity contribution in [2.45, 2.75) is 63.7 Å². The van der Waals surface area contributed by atoms with Gasteiger partial charge in [-0.05, 0) is 51.0 Å². The Morgan fingerprint density at radius 3 is 2.64 bits per heavy atom. The van der Waals surface area contributed by atoms with E-state index in [2.05, 4.69) is 10.1 Å². The van der Waals surface area contributed by atoms with E-state index in [4.69, 9.17) is 4.52 Å². The standard InChI is InChI=1S/C20H31N3O2/c24-20(23-11-4-5-12-23)19-13-18(21-25-19)17-9-6-10-22(15-17)14-16-7-2-1-3-8-16/h13,16-17H,1-12,14-15H2. The van der Waals surface area contributed by atoms with E-state index in [1.165, 1.54) is 51.6 Å². The Hall–Kier alpha value is -1.36. The number of hydrogen-bond donors (Lipinski definition) is 0. The molecule has 3 fully saturated rings. The molecule has 0 bridgehead atoms. The van der Waals surface area contributed by atoms with Crippen molar-refractivity contribution in [2.75, 3.05) is 32.7 Å². The Kier molecular flexibility index (Phi) is 5.39. The monoisotopic (exact) mass is 345 g/mol. The minimum absolute atomic E-state index is 0.0196. The van der Waals surface area contributed by atoms with Crippen LogP contribution in [0.15, 0.2) is 10.6 Å². The van der Waals surface area contributed by atoms with Gasteiger partial charge >= 0.3 is 0 Å². The number of hydrogen-bond acceptors (Lipinski definition) is 4. The van der Waals surface area contributed by atoms with Gasteiger partial charge in [-0.1, -0.05) is 24.4 Å². The molecule has 0 spiro atoms. The molecule has 3 aliphatic rings. The van der Waals surface area contributed by atoms with Gasteiger partial charge in [-0.2, -0.15) is 0 Å². The molecule has 5 heteroatoms. The lowest BCUT2D eigenvalue weighted by molar-refractivity contribution is 0.0751. The molecule has 3 heterocycles. The smallest absolute Gasteiger partial charge is 0.292 e. The minimum Gasteiger partial charge on any atom is -0.351 e. The van der Waals surface area contributed by atoms with Gasteiger partial charge in [-0.3, -0.25) is 4.79 Å². The Bertz CT molecular complexity index is 573. The lowest BCUT2D eigenvalue weighted by Crippen LogP contribution is -2.38. The molecule has 25 heavy (non-hydrogen) atoms. The van der Waals surface area contributed by atoms with Crippen LogP contribution in [-0.2, 0) is 0 Å². The van der Waals surface area contributed by atoms with Gasteiger partial charge in [-0.15, -0.1) is 0 Å². The fourth-order valence-electron chi connectivity index (χ4n) is 4.86. The highest BCUT2D eigenvalue weighted by Crippen LogP contribution is 2.30. The molecule has 0 N–H and O–H groups in total.